The summed E-state index contributed by atoms with van der Waals surface area (Å²) in [6.45, 7) is 3.45. The molecule has 1 saturated heterocycles. The number of aliphatic hydroxyl groups excluding tert-OH is 2. The molecule has 0 unspecified atom stereocenters. The van der Waals surface area contributed by atoms with Crippen molar-refractivity contribution >= 4 is 0 Å². The first-order valence-electron chi connectivity index (χ1n) is 8.74. The van der Waals surface area contributed by atoms with Crippen LogP contribution in [0.15, 0.2) is 30.3 Å². The topological polar surface area (TPSA) is 52.9 Å². The Morgan fingerprint density at radius 2 is 2.04 bits per heavy atom. The molecule has 2 rings (SSSR count). The monoisotopic (exact) mass is 321 g/mol. The maximum atomic E-state index is 10.4. The Kier molecular flexibility index (Phi) is 7.50. The SMILES string of the molecule is COCCC[C@@]1(CO)CN(CCCc2ccccc2)CC[C@H]1O. The molecule has 0 radical (unpaired) electrons. The molecule has 0 aliphatic carbocycles. The second kappa shape index (κ2) is 9.38. The van der Waals surface area contributed by atoms with Gasteiger partial charge in [0.25, 0.3) is 0 Å². The molecule has 4 nitrogen and oxygen atoms in total. The second-order valence-corrected chi connectivity index (χ2v) is 6.79. The van der Waals surface area contributed by atoms with E-state index in [2.05, 4.69) is 29.2 Å². The Morgan fingerprint density at radius 1 is 1.26 bits per heavy atom. The van der Waals surface area contributed by atoms with Crippen LogP contribution in [0.5, 0.6) is 0 Å². The van der Waals surface area contributed by atoms with E-state index in [1.807, 2.05) is 6.07 Å². The summed E-state index contributed by atoms with van der Waals surface area (Å²) in [4.78, 5) is 2.40. The molecule has 2 N–H and O–H groups in total. The van der Waals surface area contributed by atoms with Crippen LogP contribution < -0.4 is 0 Å². The van der Waals surface area contributed by atoms with E-state index >= 15 is 0 Å². The molecule has 0 amide bonds. The smallest absolute Gasteiger partial charge is 0.0642 e. The summed E-state index contributed by atoms with van der Waals surface area (Å²) in [5, 5.41) is 20.3. The van der Waals surface area contributed by atoms with Crippen LogP contribution in [0, 0.1) is 5.41 Å². The highest BCUT2D eigenvalue weighted by molar-refractivity contribution is 5.14. The number of aryl methyl sites for hydroxylation is 1. The maximum absolute atomic E-state index is 10.4. The fraction of sp³-hybridized carbons (Fsp3) is 0.684. The molecule has 1 aromatic rings. The standard InChI is InChI=1S/C19H31NO3/c1-23-14-6-11-19(16-21)15-20(13-10-18(19)22)12-5-9-17-7-3-2-4-8-17/h2-4,7-8,18,21-22H,5-6,9-16H2,1H3/t18-,19+/m1/s1. The van der Waals surface area contributed by atoms with Gasteiger partial charge in [-0.15, -0.1) is 0 Å². The number of nitrogens with zero attached hydrogens (tertiary/aromatic N) is 1. The zero-order valence-electron chi connectivity index (χ0n) is 14.3. The number of methoxy groups -OCH3 is 1. The van der Waals surface area contributed by atoms with E-state index in [0.717, 1.165) is 51.7 Å². The Labute approximate surface area is 140 Å². The van der Waals surface area contributed by atoms with Gasteiger partial charge in [0.1, 0.15) is 0 Å². The third-order valence-corrected chi connectivity index (χ3v) is 5.08. The molecule has 0 spiro atoms. The first-order valence-corrected chi connectivity index (χ1v) is 8.74. The summed E-state index contributed by atoms with van der Waals surface area (Å²) in [7, 11) is 1.69. The van der Waals surface area contributed by atoms with Crippen molar-refractivity contribution in [2.24, 2.45) is 5.41 Å². The lowest BCUT2D eigenvalue weighted by molar-refractivity contribution is -0.0824. The van der Waals surface area contributed by atoms with Gasteiger partial charge in [0.2, 0.25) is 0 Å². The van der Waals surface area contributed by atoms with Crippen molar-refractivity contribution < 1.29 is 14.9 Å². The van der Waals surface area contributed by atoms with Crippen molar-refractivity contribution in [2.75, 3.05) is 40.0 Å². The number of likely N-dealkylation sites (tertiary alicyclic amines) is 1. The molecule has 23 heavy (non-hydrogen) atoms. The minimum Gasteiger partial charge on any atom is -0.396 e. The van der Waals surface area contributed by atoms with Gasteiger partial charge in [-0.25, -0.2) is 0 Å². The van der Waals surface area contributed by atoms with E-state index in [4.69, 9.17) is 4.74 Å². The highest BCUT2D eigenvalue weighted by atomic mass is 16.5. The fourth-order valence-corrected chi connectivity index (χ4v) is 3.63. The van der Waals surface area contributed by atoms with Gasteiger partial charge in [0.15, 0.2) is 0 Å². The average Bonchev–Trinajstić information content (AvgIpc) is 2.59. The lowest BCUT2D eigenvalue weighted by Crippen LogP contribution is -2.54. The Hall–Kier alpha value is -0.940. The number of ether oxygens (including phenoxy) is 1. The lowest BCUT2D eigenvalue weighted by Gasteiger charge is -2.45. The lowest BCUT2D eigenvalue weighted by atomic mass is 9.74. The number of hydrogen-bond acceptors (Lipinski definition) is 4. The summed E-state index contributed by atoms with van der Waals surface area (Å²) in [5.74, 6) is 0. The number of rotatable bonds is 9. The quantitative estimate of drug-likeness (QED) is 0.684. The molecule has 1 aromatic carbocycles. The van der Waals surface area contributed by atoms with Crippen LogP contribution >= 0.6 is 0 Å². The fourth-order valence-electron chi connectivity index (χ4n) is 3.63. The van der Waals surface area contributed by atoms with Gasteiger partial charge < -0.3 is 19.8 Å². The summed E-state index contributed by atoms with van der Waals surface area (Å²) >= 11 is 0. The van der Waals surface area contributed by atoms with Crippen molar-refractivity contribution in [2.45, 2.75) is 38.2 Å². The van der Waals surface area contributed by atoms with E-state index in [1.54, 1.807) is 7.11 Å². The van der Waals surface area contributed by atoms with Gasteiger partial charge >= 0.3 is 0 Å². The molecule has 0 bridgehead atoms. The van der Waals surface area contributed by atoms with Crippen LogP contribution in [-0.2, 0) is 11.2 Å². The van der Waals surface area contributed by atoms with Crippen molar-refractivity contribution in [3.63, 3.8) is 0 Å². The molecule has 2 atom stereocenters. The van der Waals surface area contributed by atoms with Gasteiger partial charge in [-0.1, -0.05) is 30.3 Å². The van der Waals surface area contributed by atoms with Crippen molar-refractivity contribution in [3.05, 3.63) is 35.9 Å². The van der Waals surface area contributed by atoms with Crippen molar-refractivity contribution in [1.29, 1.82) is 0 Å². The van der Waals surface area contributed by atoms with Gasteiger partial charge in [0, 0.05) is 32.2 Å². The first kappa shape index (κ1) is 18.4. The molecule has 130 valence electrons. The second-order valence-electron chi connectivity index (χ2n) is 6.79. The minimum absolute atomic E-state index is 0.0487. The van der Waals surface area contributed by atoms with Crippen molar-refractivity contribution in [1.82, 2.24) is 4.90 Å². The third-order valence-electron chi connectivity index (χ3n) is 5.08. The highest BCUT2D eigenvalue weighted by Gasteiger charge is 2.41. The van der Waals surface area contributed by atoms with E-state index in [0.29, 0.717) is 6.61 Å². The van der Waals surface area contributed by atoms with Crippen LogP contribution in [0.2, 0.25) is 0 Å². The van der Waals surface area contributed by atoms with Crippen LogP contribution in [0.1, 0.15) is 31.2 Å². The molecule has 0 saturated carbocycles. The zero-order valence-corrected chi connectivity index (χ0v) is 14.3. The molecule has 1 fully saturated rings. The molecule has 0 aromatic heterocycles. The normalized spacial score (nSPS) is 25.6. The summed E-state index contributed by atoms with van der Waals surface area (Å²) in [6, 6.07) is 10.6. The van der Waals surface area contributed by atoms with Gasteiger partial charge in [0.05, 0.1) is 12.7 Å². The Bertz CT molecular complexity index is 440. The number of hydrogen-bond donors (Lipinski definition) is 2. The molecular formula is C19H31NO3. The average molecular weight is 321 g/mol. The van der Waals surface area contributed by atoms with Crippen LogP contribution in [0.4, 0.5) is 0 Å². The summed E-state index contributed by atoms with van der Waals surface area (Å²) in [5.41, 5.74) is 0.988. The largest absolute Gasteiger partial charge is 0.396 e. The Balaban J connectivity index is 1.83. The van der Waals surface area contributed by atoms with Gasteiger partial charge in [-0.3, -0.25) is 0 Å². The molecular weight excluding hydrogens is 290 g/mol. The van der Waals surface area contributed by atoms with Gasteiger partial charge in [-0.05, 0) is 44.2 Å². The van der Waals surface area contributed by atoms with Gasteiger partial charge in [-0.2, -0.15) is 0 Å². The van der Waals surface area contributed by atoms with Crippen LogP contribution in [0.3, 0.4) is 0 Å². The molecule has 1 aliphatic rings. The summed E-state index contributed by atoms with van der Waals surface area (Å²) < 4.78 is 5.12. The molecule has 1 aliphatic heterocycles. The maximum Gasteiger partial charge on any atom is 0.0642 e. The van der Waals surface area contributed by atoms with Crippen LogP contribution in [-0.4, -0.2) is 61.2 Å². The predicted octanol–water partition coefficient (Wildman–Crippen LogP) is 2.09. The zero-order chi connectivity index (χ0) is 16.5. The summed E-state index contributed by atoms with van der Waals surface area (Å²) in [6.07, 6.45) is 4.23. The molecule has 4 heteroatoms. The third kappa shape index (κ3) is 5.28. The minimum atomic E-state index is -0.408. The number of aliphatic hydroxyl groups is 2. The van der Waals surface area contributed by atoms with E-state index in [9.17, 15) is 10.2 Å². The number of benzene rings is 1. The first-order chi connectivity index (χ1) is 11.2. The van der Waals surface area contributed by atoms with Crippen molar-refractivity contribution in [3.8, 4) is 0 Å². The van der Waals surface area contributed by atoms with E-state index in [-0.39, 0.29) is 12.0 Å². The Morgan fingerprint density at radius 3 is 2.74 bits per heavy atom. The predicted molar refractivity (Wildman–Crippen MR) is 92.5 cm³/mol. The molecule has 1 heterocycles. The highest BCUT2D eigenvalue weighted by Crippen LogP contribution is 2.34. The van der Waals surface area contributed by atoms with Crippen LogP contribution in [0.25, 0.3) is 0 Å². The van der Waals surface area contributed by atoms with E-state index < -0.39 is 6.10 Å². The van der Waals surface area contributed by atoms with E-state index in [1.165, 1.54) is 5.56 Å². The number of piperidine rings is 1.